The first-order valence-electron chi connectivity index (χ1n) is 6.48. The van der Waals surface area contributed by atoms with Crippen molar-refractivity contribution >= 4 is 11.0 Å². The second-order valence-corrected chi connectivity index (χ2v) is 4.82. The normalized spacial score (nSPS) is 19.6. The quantitative estimate of drug-likeness (QED) is 0.811. The Bertz CT molecular complexity index is 711. The zero-order valence-corrected chi connectivity index (χ0v) is 10.9. The number of fused-ring (bicyclic) bond motifs is 1. The third kappa shape index (κ3) is 2.45. The van der Waals surface area contributed by atoms with E-state index in [0.717, 1.165) is 18.9 Å². The van der Waals surface area contributed by atoms with Crippen LogP contribution in [0.5, 0.6) is 0 Å². The van der Waals surface area contributed by atoms with E-state index in [-0.39, 0.29) is 16.6 Å². The second-order valence-electron chi connectivity index (χ2n) is 4.82. The fourth-order valence-corrected chi connectivity index (χ4v) is 2.41. The molecule has 3 heterocycles. The van der Waals surface area contributed by atoms with Crippen molar-refractivity contribution in [3.8, 4) is 6.07 Å². The molecular weight excluding hydrogens is 285 g/mol. The Morgan fingerprint density at radius 1 is 1.38 bits per heavy atom. The number of hydrogen-bond acceptors (Lipinski definition) is 4. The van der Waals surface area contributed by atoms with Crippen LogP contribution in [0.25, 0.3) is 11.0 Å². The van der Waals surface area contributed by atoms with Gasteiger partial charge in [0.15, 0.2) is 17.6 Å². The van der Waals surface area contributed by atoms with Crippen molar-refractivity contribution in [2.24, 2.45) is 0 Å². The van der Waals surface area contributed by atoms with Gasteiger partial charge in [0, 0.05) is 12.8 Å². The topological polar surface area (TPSA) is 63.7 Å². The number of rotatable bonds is 1. The van der Waals surface area contributed by atoms with Gasteiger partial charge in [0.25, 0.3) is 0 Å². The average molecular weight is 296 g/mol. The molecule has 0 amide bonds. The van der Waals surface area contributed by atoms with Gasteiger partial charge in [0.1, 0.15) is 6.07 Å². The van der Waals surface area contributed by atoms with Crippen LogP contribution in [0.4, 0.5) is 13.2 Å². The molecule has 8 heteroatoms. The lowest BCUT2D eigenvalue weighted by Crippen LogP contribution is -2.20. The summed E-state index contributed by atoms with van der Waals surface area (Å²) in [5.74, 6) is 0. The first-order valence-corrected chi connectivity index (χ1v) is 6.48. The summed E-state index contributed by atoms with van der Waals surface area (Å²) in [7, 11) is 0. The Balaban J connectivity index is 2.19. The maximum Gasteiger partial charge on any atom is 0.435 e. The SMILES string of the molecule is N#Cc1cnc2c(c1)c(C(F)(F)F)nn2C1CCCCO1. The molecule has 1 saturated heterocycles. The molecule has 0 saturated carbocycles. The van der Waals surface area contributed by atoms with Gasteiger partial charge in [0.05, 0.1) is 10.9 Å². The Morgan fingerprint density at radius 3 is 2.81 bits per heavy atom. The number of aromatic nitrogens is 3. The molecule has 0 spiro atoms. The predicted octanol–water partition coefficient (Wildman–Crippen LogP) is 3.02. The van der Waals surface area contributed by atoms with E-state index in [1.54, 1.807) is 6.07 Å². The van der Waals surface area contributed by atoms with E-state index < -0.39 is 18.1 Å². The molecule has 0 aliphatic carbocycles. The summed E-state index contributed by atoms with van der Waals surface area (Å²) >= 11 is 0. The Kier molecular flexibility index (Phi) is 3.29. The standard InChI is InChI=1S/C13H11F3N4O/c14-13(15,16)11-9-5-8(6-17)7-18-12(9)20(19-11)10-3-1-2-4-21-10/h5,7,10H,1-4H2. The summed E-state index contributed by atoms with van der Waals surface area (Å²) in [6.07, 6.45) is -1.57. The maximum absolute atomic E-state index is 13.1. The highest BCUT2D eigenvalue weighted by molar-refractivity contribution is 5.80. The van der Waals surface area contributed by atoms with Crippen molar-refractivity contribution in [3.63, 3.8) is 0 Å². The van der Waals surface area contributed by atoms with Crippen LogP contribution in [-0.2, 0) is 10.9 Å². The molecule has 2 aromatic rings. The van der Waals surface area contributed by atoms with E-state index in [4.69, 9.17) is 10.00 Å². The van der Waals surface area contributed by atoms with Gasteiger partial charge in [-0.15, -0.1) is 0 Å². The number of nitrogens with zero attached hydrogens (tertiary/aromatic N) is 4. The zero-order valence-electron chi connectivity index (χ0n) is 10.9. The highest BCUT2D eigenvalue weighted by atomic mass is 19.4. The minimum atomic E-state index is -4.60. The Morgan fingerprint density at radius 2 is 2.19 bits per heavy atom. The summed E-state index contributed by atoms with van der Waals surface area (Å²) in [5.41, 5.74) is -0.874. The minimum Gasteiger partial charge on any atom is -0.356 e. The summed E-state index contributed by atoms with van der Waals surface area (Å²) in [4.78, 5) is 3.96. The fourth-order valence-electron chi connectivity index (χ4n) is 2.41. The van der Waals surface area contributed by atoms with Crippen molar-refractivity contribution < 1.29 is 17.9 Å². The van der Waals surface area contributed by atoms with Gasteiger partial charge in [-0.2, -0.15) is 23.5 Å². The number of halogens is 3. The van der Waals surface area contributed by atoms with Gasteiger partial charge in [-0.25, -0.2) is 9.67 Å². The lowest BCUT2D eigenvalue weighted by Gasteiger charge is -2.23. The van der Waals surface area contributed by atoms with Crippen LogP contribution in [0.2, 0.25) is 0 Å². The molecule has 0 bridgehead atoms. The molecule has 21 heavy (non-hydrogen) atoms. The Hall–Kier alpha value is -2.14. The van der Waals surface area contributed by atoms with Crippen LogP contribution in [0.15, 0.2) is 12.3 Å². The lowest BCUT2D eigenvalue weighted by molar-refractivity contribution is -0.141. The van der Waals surface area contributed by atoms with Gasteiger partial charge in [0.2, 0.25) is 0 Å². The van der Waals surface area contributed by atoms with Crippen LogP contribution in [0, 0.1) is 11.3 Å². The van der Waals surface area contributed by atoms with Crippen LogP contribution in [-0.4, -0.2) is 21.4 Å². The van der Waals surface area contributed by atoms with Crippen molar-refractivity contribution in [2.75, 3.05) is 6.61 Å². The molecule has 110 valence electrons. The number of ether oxygens (including phenoxy) is 1. The van der Waals surface area contributed by atoms with E-state index >= 15 is 0 Å². The molecule has 5 nitrogen and oxygen atoms in total. The summed E-state index contributed by atoms with van der Waals surface area (Å²) in [6, 6.07) is 2.95. The first kappa shape index (κ1) is 13.8. The molecule has 0 radical (unpaired) electrons. The molecule has 1 fully saturated rings. The Labute approximate surface area is 117 Å². The smallest absolute Gasteiger partial charge is 0.356 e. The largest absolute Gasteiger partial charge is 0.435 e. The molecule has 0 aromatic carbocycles. The predicted molar refractivity (Wildman–Crippen MR) is 66.1 cm³/mol. The maximum atomic E-state index is 13.1. The van der Waals surface area contributed by atoms with E-state index in [0.29, 0.717) is 13.0 Å². The molecule has 2 aromatic heterocycles. The lowest BCUT2D eigenvalue weighted by atomic mass is 10.2. The van der Waals surface area contributed by atoms with Gasteiger partial charge >= 0.3 is 6.18 Å². The van der Waals surface area contributed by atoms with Crippen molar-refractivity contribution in [3.05, 3.63) is 23.5 Å². The van der Waals surface area contributed by atoms with E-state index in [9.17, 15) is 13.2 Å². The van der Waals surface area contributed by atoms with Gasteiger partial charge in [-0.05, 0) is 25.3 Å². The summed E-state index contributed by atoms with van der Waals surface area (Å²) < 4.78 is 46.0. The van der Waals surface area contributed by atoms with Gasteiger partial charge in [-0.1, -0.05) is 0 Å². The highest BCUT2D eigenvalue weighted by Crippen LogP contribution is 2.36. The van der Waals surface area contributed by atoms with Crippen molar-refractivity contribution in [1.29, 1.82) is 5.26 Å². The molecule has 0 N–H and O–H groups in total. The number of alkyl halides is 3. The third-order valence-electron chi connectivity index (χ3n) is 3.37. The second kappa shape index (κ2) is 5.00. The highest BCUT2D eigenvalue weighted by Gasteiger charge is 2.38. The monoisotopic (exact) mass is 296 g/mol. The fraction of sp³-hybridized carbons (Fsp3) is 0.462. The summed E-state index contributed by atoms with van der Waals surface area (Å²) in [5, 5.41) is 12.3. The van der Waals surface area contributed by atoms with Gasteiger partial charge < -0.3 is 4.74 Å². The van der Waals surface area contributed by atoms with Crippen molar-refractivity contribution in [2.45, 2.75) is 31.7 Å². The third-order valence-corrected chi connectivity index (χ3v) is 3.37. The van der Waals surface area contributed by atoms with Crippen LogP contribution in [0.3, 0.4) is 0 Å². The van der Waals surface area contributed by atoms with Crippen molar-refractivity contribution in [1.82, 2.24) is 14.8 Å². The molecular formula is C13H11F3N4O. The number of hydrogen-bond donors (Lipinski definition) is 0. The number of pyridine rings is 1. The minimum absolute atomic E-state index is 0.0668. The summed E-state index contributed by atoms with van der Waals surface area (Å²) in [6.45, 7) is 0.490. The molecule has 1 atom stereocenters. The van der Waals surface area contributed by atoms with E-state index in [2.05, 4.69) is 10.1 Å². The molecule has 1 unspecified atom stereocenters. The molecule has 1 aliphatic heterocycles. The van der Waals surface area contributed by atoms with E-state index in [1.807, 2.05) is 0 Å². The van der Waals surface area contributed by atoms with Crippen LogP contribution in [0.1, 0.15) is 36.7 Å². The average Bonchev–Trinajstić information content (AvgIpc) is 2.86. The van der Waals surface area contributed by atoms with Crippen LogP contribution >= 0.6 is 0 Å². The zero-order chi connectivity index (χ0) is 15.0. The molecule has 1 aliphatic rings. The first-order chi connectivity index (χ1) is 10.0. The van der Waals surface area contributed by atoms with E-state index in [1.165, 1.54) is 10.9 Å². The van der Waals surface area contributed by atoms with Crippen LogP contribution < -0.4 is 0 Å². The number of nitriles is 1. The van der Waals surface area contributed by atoms with Gasteiger partial charge in [-0.3, -0.25) is 0 Å². The molecule has 3 rings (SSSR count).